The van der Waals surface area contributed by atoms with Gasteiger partial charge in [0.25, 0.3) is 0 Å². The average Bonchev–Trinajstić information content (AvgIpc) is 2.57. The van der Waals surface area contributed by atoms with E-state index in [0.717, 1.165) is 5.92 Å². The van der Waals surface area contributed by atoms with Crippen LogP contribution >= 0.6 is 0 Å². The second kappa shape index (κ2) is 7.76. The summed E-state index contributed by atoms with van der Waals surface area (Å²) in [7, 11) is 0. The van der Waals surface area contributed by atoms with E-state index < -0.39 is 0 Å². The monoisotopic (exact) mass is 292 g/mol. The number of nitrogens with one attached hydrogen (secondary N) is 1. The number of piperidine rings is 1. The number of Topliss-reactive ketones (excluding diaryl/α,β-unsaturated/α-hetero) is 1. The molecule has 0 amide bonds. The van der Waals surface area contributed by atoms with Gasteiger partial charge in [-0.15, -0.1) is 0 Å². The lowest BCUT2D eigenvalue weighted by atomic mass is 9.78. The Morgan fingerprint density at radius 1 is 0.714 bits per heavy atom. The summed E-state index contributed by atoms with van der Waals surface area (Å²) in [6, 6.07) is 0. The van der Waals surface area contributed by atoms with Crippen LogP contribution in [0.3, 0.4) is 0 Å². The first-order valence-electron chi connectivity index (χ1n) is 9.70. The third-order valence-corrected chi connectivity index (χ3v) is 6.40. The summed E-state index contributed by atoms with van der Waals surface area (Å²) in [5.74, 6) is 2.48. The van der Waals surface area contributed by atoms with Crippen molar-refractivity contribution >= 4 is 5.78 Å². The largest absolute Gasteiger partial charge is 0.335 e. The second-order valence-corrected chi connectivity index (χ2v) is 7.97. The molecule has 2 aliphatic carbocycles. The minimum atomic E-state index is 0.420. The Morgan fingerprint density at radius 3 is 1.86 bits per heavy atom. The van der Waals surface area contributed by atoms with Gasteiger partial charge in [-0.25, -0.2) is 0 Å². The molecule has 0 unspecified atom stereocenters. The van der Waals surface area contributed by atoms with Crippen molar-refractivity contribution in [3.63, 3.8) is 0 Å². The summed E-state index contributed by atoms with van der Waals surface area (Å²) in [4.78, 5) is 14.4. The molecule has 0 spiro atoms. The highest BCUT2D eigenvalue weighted by Crippen LogP contribution is 2.29. The first-order chi connectivity index (χ1) is 10.3. The molecule has 0 radical (unpaired) electrons. The topological polar surface area (TPSA) is 21.5 Å². The minimum absolute atomic E-state index is 0.420. The normalized spacial score (nSPS) is 33.0. The van der Waals surface area contributed by atoms with E-state index in [-0.39, 0.29) is 0 Å². The van der Waals surface area contributed by atoms with Crippen molar-refractivity contribution in [1.29, 1.82) is 0 Å². The van der Waals surface area contributed by atoms with E-state index in [2.05, 4.69) is 0 Å². The second-order valence-electron chi connectivity index (χ2n) is 7.97. The van der Waals surface area contributed by atoms with Gasteiger partial charge in [0.2, 0.25) is 0 Å². The summed E-state index contributed by atoms with van der Waals surface area (Å²) in [6.07, 6.45) is 16.0. The zero-order valence-electron chi connectivity index (χ0n) is 13.7. The van der Waals surface area contributed by atoms with Gasteiger partial charge < -0.3 is 4.90 Å². The van der Waals surface area contributed by atoms with Crippen LogP contribution in [0.4, 0.5) is 0 Å². The Balaban J connectivity index is 1.40. The van der Waals surface area contributed by atoms with E-state index in [1.165, 1.54) is 96.7 Å². The molecule has 21 heavy (non-hydrogen) atoms. The number of hydrogen-bond acceptors (Lipinski definition) is 1. The molecule has 3 rings (SSSR count). The molecule has 0 atom stereocenters. The van der Waals surface area contributed by atoms with Crippen LogP contribution in [-0.4, -0.2) is 25.4 Å². The highest BCUT2D eigenvalue weighted by molar-refractivity contribution is 5.83. The fourth-order valence-electron chi connectivity index (χ4n) is 5.03. The van der Waals surface area contributed by atoms with Crippen molar-refractivity contribution in [2.75, 3.05) is 19.6 Å². The average molecular weight is 292 g/mol. The van der Waals surface area contributed by atoms with Crippen LogP contribution in [0.1, 0.15) is 77.0 Å². The van der Waals surface area contributed by atoms with Crippen LogP contribution in [-0.2, 0) is 4.79 Å². The fourth-order valence-corrected chi connectivity index (χ4v) is 5.03. The van der Waals surface area contributed by atoms with Crippen molar-refractivity contribution in [3.05, 3.63) is 0 Å². The van der Waals surface area contributed by atoms with Crippen molar-refractivity contribution in [2.24, 2.45) is 17.8 Å². The van der Waals surface area contributed by atoms with Gasteiger partial charge in [-0.05, 0) is 25.7 Å². The lowest BCUT2D eigenvalue weighted by Crippen LogP contribution is -3.13. The molecule has 0 aromatic rings. The van der Waals surface area contributed by atoms with Crippen LogP contribution in [0, 0.1) is 17.8 Å². The Bertz CT molecular complexity index is 320. The molecule has 0 aromatic carbocycles. The smallest absolute Gasteiger partial charge is 0.139 e. The predicted octanol–water partition coefficient (Wildman–Crippen LogP) is 3.01. The van der Waals surface area contributed by atoms with Crippen LogP contribution < -0.4 is 4.90 Å². The molecule has 3 fully saturated rings. The Labute approximate surface area is 130 Å². The van der Waals surface area contributed by atoms with E-state index in [1.807, 2.05) is 0 Å². The molecule has 1 saturated heterocycles. The molecule has 0 aromatic heterocycles. The van der Waals surface area contributed by atoms with Gasteiger partial charge in [-0.1, -0.05) is 38.5 Å². The number of hydrogen-bond donors (Lipinski definition) is 1. The van der Waals surface area contributed by atoms with Crippen LogP contribution in [0.5, 0.6) is 0 Å². The Kier molecular flexibility index (Phi) is 5.74. The molecule has 1 aliphatic heterocycles. The van der Waals surface area contributed by atoms with Gasteiger partial charge in [0, 0.05) is 30.6 Å². The van der Waals surface area contributed by atoms with Crippen molar-refractivity contribution in [3.8, 4) is 0 Å². The first kappa shape index (κ1) is 15.5. The quantitative estimate of drug-likeness (QED) is 0.845. The third kappa shape index (κ3) is 4.31. The zero-order chi connectivity index (χ0) is 14.5. The number of quaternary nitrogens is 1. The van der Waals surface area contributed by atoms with Crippen LogP contribution in [0.25, 0.3) is 0 Å². The summed E-state index contributed by atoms with van der Waals surface area (Å²) in [6.45, 7) is 3.92. The Morgan fingerprint density at radius 2 is 1.24 bits per heavy atom. The maximum atomic E-state index is 12.6. The van der Waals surface area contributed by atoms with E-state index in [1.54, 1.807) is 4.90 Å². The molecule has 1 heterocycles. The van der Waals surface area contributed by atoms with E-state index >= 15 is 0 Å². The molecule has 2 nitrogen and oxygen atoms in total. The van der Waals surface area contributed by atoms with Gasteiger partial charge >= 0.3 is 0 Å². The first-order valence-corrected chi connectivity index (χ1v) is 9.70. The number of carbonyl (C=O) groups is 1. The van der Waals surface area contributed by atoms with E-state index in [9.17, 15) is 4.79 Å². The van der Waals surface area contributed by atoms with Gasteiger partial charge in [-0.2, -0.15) is 0 Å². The van der Waals surface area contributed by atoms with Gasteiger partial charge in [0.1, 0.15) is 5.78 Å². The van der Waals surface area contributed by atoms with Crippen LogP contribution in [0.2, 0.25) is 0 Å². The molecule has 1 N–H and O–H groups in total. The fraction of sp³-hybridized carbons (Fsp3) is 0.947. The lowest BCUT2D eigenvalue weighted by molar-refractivity contribution is -0.909. The number of likely N-dealkylation sites (tertiary alicyclic amines) is 1. The van der Waals surface area contributed by atoms with Gasteiger partial charge in [0.05, 0.1) is 19.6 Å². The van der Waals surface area contributed by atoms with Gasteiger partial charge in [0.15, 0.2) is 0 Å². The summed E-state index contributed by atoms with van der Waals surface area (Å²) in [5.41, 5.74) is 0. The maximum absolute atomic E-state index is 12.6. The number of rotatable bonds is 4. The van der Waals surface area contributed by atoms with Gasteiger partial charge in [-0.3, -0.25) is 4.79 Å². The lowest BCUT2D eigenvalue weighted by Gasteiger charge is -2.34. The van der Waals surface area contributed by atoms with E-state index in [0.29, 0.717) is 17.6 Å². The highest BCUT2D eigenvalue weighted by atomic mass is 16.1. The summed E-state index contributed by atoms with van der Waals surface area (Å²) >= 11 is 0. The molecule has 0 bridgehead atoms. The molecule has 2 heteroatoms. The van der Waals surface area contributed by atoms with E-state index in [4.69, 9.17) is 0 Å². The zero-order valence-corrected chi connectivity index (χ0v) is 13.7. The third-order valence-electron chi connectivity index (χ3n) is 6.40. The molecule has 3 aliphatic rings. The highest BCUT2D eigenvalue weighted by Gasteiger charge is 2.33. The Hall–Kier alpha value is -0.370. The maximum Gasteiger partial charge on any atom is 0.139 e. The van der Waals surface area contributed by atoms with Crippen molar-refractivity contribution in [2.45, 2.75) is 77.0 Å². The van der Waals surface area contributed by atoms with Crippen molar-refractivity contribution in [1.82, 2.24) is 0 Å². The SMILES string of the molecule is O=C(C1CCCCC1)C1CC[NH+](CC2CCCCC2)CC1. The number of carbonyl (C=O) groups excluding carboxylic acids is 1. The molecular formula is C19H34NO+. The molecular weight excluding hydrogens is 258 g/mol. The standard InChI is InChI=1S/C19H33NO/c21-19(17-9-5-2-6-10-17)18-11-13-20(14-12-18)15-16-7-3-1-4-8-16/h16-18H,1-15H2/p+1. The number of ketones is 1. The van der Waals surface area contributed by atoms with Crippen LogP contribution in [0.15, 0.2) is 0 Å². The summed E-state index contributed by atoms with van der Waals surface area (Å²) < 4.78 is 0. The molecule has 120 valence electrons. The van der Waals surface area contributed by atoms with Crippen molar-refractivity contribution < 1.29 is 9.69 Å². The minimum Gasteiger partial charge on any atom is -0.335 e. The molecule has 2 saturated carbocycles. The summed E-state index contributed by atoms with van der Waals surface area (Å²) in [5, 5.41) is 0. The predicted molar refractivity (Wildman–Crippen MR) is 86.4 cm³/mol.